The van der Waals surface area contributed by atoms with Gasteiger partial charge in [0.05, 0.1) is 0 Å². The van der Waals surface area contributed by atoms with Gasteiger partial charge in [-0.2, -0.15) is 0 Å². The first-order valence-electron chi connectivity index (χ1n) is 10.3. The van der Waals surface area contributed by atoms with Crippen LogP contribution in [-0.4, -0.2) is 63.8 Å². The van der Waals surface area contributed by atoms with E-state index in [1.54, 1.807) is 7.11 Å². The Hall–Kier alpha value is -0.810. The highest BCUT2D eigenvalue weighted by Crippen LogP contribution is 2.40. The van der Waals surface area contributed by atoms with Crippen LogP contribution in [-0.2, 0) is 4.74 Å². The van der Waals surface area contributed by atoms with E-state index in [0.29, 0.717) is 11.5 Å². The van der Waals surface area contributed by atoms with Crippen LogP contribution in [0.3, 0.4) is 0 Å². The van der Waals surface area contributed by atoms with Crippen molar-refractivity contribution in [3.8, 4) is 0 Å². The molecule has 0 amide bonds. The summed E-state index contributed by atoms with van der Waals surface area (Å²) < 4.78 is 5.34. The van der Waals surface area contributed by atoms with E-state index in [0.717, 1.165) is 38.0 Å². The number of methoxy groups -OCH3 is 1. The lowest BCUT2D eigenvalue weighted by molar-refractivity contribution is 0.137. The molecule has 25 heavy (non-hydrogen) atoms. The Morgan fingerprint density at radius 2 is 2.00 bits per heavy atom. The molecule has 146 valence electrons. The minimum atomic E-state index is 0.396. The molecule has 0 aromatic heterocycles. The van der Waals surface area contributed by atoms with Crippen molar-refractivity contribution in [3.05, 3.63) is 0 Å². The number of hydrogen-bond donors (Lipinski definition) is 2. The molecule has 2 N–H and O–H groups in total. The van der Waals surface area contributed by atoms with Gasteiger partial charge in [0.25, 0.3) is 0 Å². The lowest BCUT2D eigenvalue weighted by atomic mass is 9.83. The highest BCUT2D eigenvalue weighted by Gasteiger charge is 2.33. The number of nitrogens with zero attached hydrogens (tertiary/aromatic N) is 2. The number of nitrogens with one attached hydrogen (secondary N) is 2. The van der Waals surface area contributed by atoms with E-state index in [4.69, 9.17) is 4.74 Å². The number of piperidine rings is 1. The van der Waals surface area contributed by atoms with Gasteiger partial charge in [-0.1, -0.05) is 12.8 Å². The minimum Gasteiger partial charge on any atom is -0.385 e. The number of likely N-dealkylation sites (tertiary alicyclic amines) is 1. The highest BCUT2D eigenvalue weighted by atomic mass is 16.5. The molecule has 1 aliphatic heterocycles. The van der Waals surface area contributed by atoms with Crippen molar-refractivity contribution in [2.75, 3.05) is 46.9 Å². The first kappa shape index (κ1) is 20.5. The first-order valence-corrected chi connectivity index (χ1v) is 10.3. The van der Waals surface area contributed by atoms with Gasteiger partial charge in [0.1, 0.15) is 0 Å². The maximum absolute atomic E-state index is 5.34. The average Bonchev–Trinajstić information content (AvgIpc) is 3.09. The second-order valence-electron chi connectivity index (χ2n) is 8.35. The SMILES string of the molecule is CN=C(NCC1CCCN(C(C)C)C1)NCC1(CCOC)CCCC1. The fourth-order valence-electron chi connectivity index (χ4n) is 4.42. The van der Waals surface area contributed by atoms with Gasteiger partial charge in [0.2, 0.25) is 0 Å². The van der Waals surface area contributed by atoms with Crippen LogP contribution in [0.1, 0.15) is 58.8 Å². The van der Waals surface area contributed by atoms with E-state index in [-0.39, 0.29) is 0 Å². The zero-order valence-electron chi connectivity index (χ0n) is 16.9. The van der Waals surface area contributed by atoms with Crippen molar-refractivity contribution in [2.24, 2.45) is 16.3 Å². The molecule has 0 spiro atoms. The van der Waals surface area contributed by atoms with Crippen molar-refractivity contribution in [1.82, 2.24) is 15.5 Å². The van der Waals surface area contributed by atoms with Crippen molar-refractivity contribution >= 4 is 5.96 Å². The summed E-state index contributed by atoms with van der Waals surface area (Å²) in [6.45, 7) is 9.96. The molecule has 1 unspecified atom stereocenters. The second kappa shape index (κ2) is 10.4. The molecule has 0 bridgehead atoms. The van der Waals surface area contributed by atoms with Gasteiger partial charge in [0, 0.05) is 46.4 Å². The summed E-state index contributed by atoms with van der Waals surface area (Å²) >= 11 is 0. The average molecular weight is 353 g/mol. The Morgan fingerprint density at radius 3 is 2.64 bits per heavy atom. The highest BCUT2D eigenvalue weighted by molar-refractivity contribution is 5.79. The maximum atomic E-state index is 5.34. The predicted octanol–water partition coefficient (Wildman–Crippen LogP) is 2.87. The Bertz CT molecular complexity index is 405. The molecule has 2 rings (SSSR count). The molecule has 0 radical (unpaired) electrons. The van der Waals surface area contributed by atoms with Crippen LogP contribution in [0, 0.1) is 11.3 Å². The normalized spacial score (nSPS) is 24.7. The lowest BCUT2D eigenvalue weighted by Gasteiger charge is -2.36. The monoisotopic (exact) mass is 352 g/mol. The molecule has 1 saturated carbocycles. The van der Waals surface area contributed by atoms with E-state index < -0.39 is 0 Å². The van der Waals surface area contributed by atoms with Gasteiger partial charge in [-0.3, -0.25) is 4.99 Å². The lowest BCUT2D eigenvalue weighted by Crippen LogP contribution is -2.47. The third-order valence-corrected chi connectivity index (χ3v) is 6.19. The van der Waals surface area contributed by atoms with Gasteiger partial charge in [-0.05, 0) is 63.8 Å². The minimum absolute atomic E-state index is 0.396. The number of rotatable bonds is 8. The Balaban J connectivity index is 1.76. The van der Waals surface area contributed by atoms with Gasteiger partial charge in [-0.25, -0.2) is 0 Å². The molecule has 5 nitrogen and oxygen atoms in total. The Morgan fingerprint density at radius 1 is 1.24 bits per heavy atom. The van der Waals surface area contributed by atoms with Crippen molar-refractivity contribution < 1.29 is 4.74 Å². The largest absolute Gasteiger partial charge is 0.385 e. The number of guanidine groups is 1. The van der Waals surface area contributed by atoms with Gasteiger partial charge < -0.3 is 20.3 Å². The summed E-state index contributed by atoms with van der Waals surface area (Å²) in [5.74, 6) is 1.69. The molecule has 0 aromatic carbocycles. The summed E-state index contributed by atoms with van der Waals surface area (Å²) in [6, 6.07) is 0.656. The molecule has 1 heterocycles. The fourth-order valence-corrected chi connectivity index (χ4v) is 4.42. The Labute approximate surface area is 155 Å². The zero-order valence-corrected chi connectivity index (χ0v) is 16.9. The van der Waals surface area contributed by atoms with E-state index >= 15 is 0 Å². The summed E-state index contributed by atoms with van der Waals surface area (Å²) in [5, 5.41) is 7.18. The topological polar surface area (TPSA) is 48.9 Å². The molecule has 2 aliphatic rings. The molecular formula is C20H40N4O. The molecule has 1 saturated heterocycles. The first-order chi connectivity index (χ1) is 12.1. The molecule has 1 aliphatic carbocycles. The van der Waals surface area contributed by atoms with Crippen molar-refractivity contribution in [1.29, 1.82) is 0 Å². The van der Waals surface area contributed by atoms with Crippen LogP contribution in [0.4, 0.5) is 0 Å². The number of aliphatic imine (C=N–C) groups is 1. The second-order valence-corrected chi connectivity index (χ2v) is 8.35. The van der Waals surface area contributed by atoms with Gasteiger partial charge >= 0.3 is 0 Å². The van der Waals surface area contributed by atoms with Crippen LogP contribution in [0.5, 0.6) is 0 Å². The smallest absolute Gasteiger partial charge is 0.191 e. The number of hydrogen-bond acceptors (Lipinski definition) is 3. The number of ether oxygens (including phenoxy) is 1. The predicted molar refractivity (Wildman–Crippen MR) is 106 cm³/mol. The molecule has 2 fully saturated rings. The third kappa shape index (κ3) is 6.45. The van der Waals surface area contributed by atoms with Gasteiger partial charge in [0.15, 0.2) is 5.96 Å². The summed E-state index contributed by atoms with van der Waals surface area (Å²) in [5.41, 5.74) is 0.396. The molecular weight excluding hydrogens is 312 g/mol. The molecule has 1 atom stereocenters. The molecule has 5 heteroatoms. The molecule has 0 aromatic rings. The summed E-state index contributed by atoms with van der Waals surface area (Å²) in [7, 11) is 3.69. The standard InChI is InChI=1S/C20H40N4O/c1-17(2)24-12-7-8-18(15-24)14-22-19(21-3)23-16-20(11-13-25-4)9-5-6-10-20/h17-18H,5-16H2,1-4H3,(H2,21,22,23). The van der Waals surface area contributed by atoms with Crippen molar-refractivity contribution in [3.63, 3.8) is 0 Å². The van der Waals surface area contributed by atoms with E-state index in [2.05, 4.69) is 34.4 Å². The van der Waals surface area contributed by atoms with Gasteiger partial charge in [-0.15, -0.1) is 0 Å². The third-order valence-electron chi connectivity index (χ3n) is 6.19. The van der Waals surface area contributed by atoms with Crippen LogP contribution in [0.15, 0.2) is 4.99 Å². The maximum Gasteiger partial charge on any atom is 0.191 e. The summed E-state index contributed by atoms with van der Waals surface area (Å²) in [6.07, 6.45) is 9.12. The van der Waals surface area contributed by atoms with Crippen LogP contribution >= 0.6 is 0 Å². The van der Waals surface area contributed by atoms with E-state index in [1.165, 1.54) is 51.6 Å². The Kier molecular flexibility index (Phi) is 8.50. The fraction of sp³-hybridized carbons (Fsp3) is 0.950. The van der Waals surface area contributed by atoms with E-state index in [9.17, 15) is 0 Å². The van der Waals surface area contributed by atoms with Crippen LogP contribution < -0.4 is 10.6 Å². The van der Waals surface area contributed by atoms with Crippen LogP contribution in [0.2, 0.25) is 0 Å². The van der Waals surface area contributed by atoms with Crippen molar-refractivity contribution in [2.45, 2.75) is 64.8 Å². The zero-order chi connectivity index (χ0) is 18.1. The summed E-state index contributed by atoms with van der Waals surface area (Å²) in [4.78, 5) is 7.05. The van der Waals surface area contributed by atoms with E-state index in [1.807, 2.05) is 7.05 Å². The van der Waals surface area contributed by atoms with Crippen LogP contribution in [0.25, 0.3) is 0 Å². The quantitative estimate of drug-likeness (QED) is 0.521.